The number of ether oxygens (including phenoxy) is 2. The maximum Gasteiger partial charge on any atom is 0.0781 e. The van der Waals surface area contributed by atoms with Gasteiger partial charge in [0.05, 0.1) is 25.4 Å². The first kappa shape index (κ1) is 18.1. The van der Waals surface area contributed by atoms with E-state index in [4.69, 9.17) is 9.47 Å². The van der Waals surface area contributed by atoms with Crippen LogP contribution in [0.3, 0.4) is 0 Å². The van der Waals surface area contributed by atoms with E-state index >= 15 is 0 Å². The molecule has 2 atom stereocenters. The van der Waals surface area contributed by atoms with Gasteiger partial charge in [0.2, 0.25) is 0 Å². The Morgan fingerprint density at radius 1 is 1.05 bits per heavy atom. The molecule has 0 spiro atoms. The maximum atomic E-state index is 5.86. The molecule has 0 bridgehead atoms. The second kappa shape index (κ2) is 9.93. The minimum absolute atomic E-state index is 0.122. The topological polar surface area (TPSA) is 30.5 Å². The summed E-state index contributed by atoms with van der Waals surface area (Å²) in [6.45, 7) is 10.9. The largest absolute Gasteiger partial charge is 0.382 e. The monoisotopic (exact) mass is 293 g/mol. The molecule has 3 nitrogen and oxygen atoms in total. The molecule has 0 saturated heterocycles. The zero-order valence-electron chi connectivity index (χ0n) is 14.2. The zero-order chi connectivity index (χ0) is 15.7. The molecule has 0 fully saturated rings. The van der Waals surface area contributed by atoms with Crippen molar-refractivity contribution in [2.45, 2.75) is 46.3 Å². The van der Waals surface area contributed by atoms with E-state index in [1.165, 1.54) is 11.1 Å². The van der Waals surface area contributed by atoms with Gasteiger partial charge in [0.15, 0.2) is 0 Å². The molecule has 3 heteroatoms. The molecule has 21 heavy (non-hydrogen) atoms. The Balaban J connectivity index is 2.62. The van der Waals surface area contributed by atoms with Crippen molar-refractivity contribution in [2.24, 2.45) is 5.92 Å². The van der Waals surface area contributed by atoms with Crippen molar-refractivity contribution in [2.75, 3.05) is 26.9 Å². The highest BCUT2D eigenvalue weighted by Crippen LogP contribution is 2.17. The Morgan fingerprint density at radius 2 is 1.71 bits per heavy atom. The summed E-state index contributed by atoms with van der Waals surface area (Å²) in [5, 5.41) is 3.49. The van der Waals surface area contributed by atoms with Gasteiger partial charge in [0, 0.05) is 7.11 Å². The van der Waals surface area contributed by atoms with E-state index in [1.54, 1.807) is 7.11 Å². The fraction of sp³-hybridized carbons (Fsp3) is 0.667. The molecule has 1 N–H and O–H groups in total. The van der Waals surface area contributed by atoms with Gasteiger partial charge in [-0.25, -0.2) is 0 Å². The summed E-state index contributed by atoms with van der Waals surface area (Å²) >= 11 is 0. The van der Waals surface area contributed by atoms with Gasteiger partial charge in [0.1, 0.15) is 0 Å². The van der Waals surface area contributed by atoms with Crippen LogP contribution in [0.4, 0.5) is 0 Å². The predicted molar refractivity (Wildman–Crippen MR) is 88.7 cm³/mol. The molecule has 0 radical (unpaired) electrons. The standard InChI is InChI=1S/C18H31NO2/c1-6-19-18(13-21-15(4)12-20-5)17-9-7-16(8-10-17)11-14(2)3/h7-10,14-15,18-19H,6,11-13H2,1-5H3. The Bertz CT molecular complexity index is 375. The molecule has 0 aromatic heterocycles. The fourth-order valence-corrected chi connectivity index (χ4v) is 2.42. The Morgan fingerprint density at radius 3 is 2.24 bits per heavy atom. The third-order valence-electron chi connectivity index (χ3n) is 3.43. The number of nitrogens with one attached hydrogen (secondary N) is 1. The van der Waals surface area contributed by atoms with Crippen LogP contribution in [-0.4, -0.2) is 33.0 Å². The molecule has 0 aliphatic heterocycles. The molecule has 0 heterocycles. The van der Waals surface area contributed by atoms with Crippen molar-refractivity contribution in [1.29, 1.82) is 0 Å². The van der Waals surface area contributed by atoms with Gasteiger partial charge in [-0.15, -0.1) is 0 Å². The summed E-state index contributed by atoms with van der Waals surface area (Å²) in [5.74, 6) is 0.693. The van der Waals surface area contributed by atoms with Crippen molar-refractivity contribution in [3.8, 4) is 0 Å². The molecule has 120 valence electrons. The predicted octanol–water partition coefficient (Wildman–Crippen LogP) is 3.59. The quantitative estimate of drug-likeness (QED) is 0.715. The lowest BCUT2D eigenvalue weighted by molar-refractivity contribution is -0.000386. The van der Waals surface area contributed by atoms with Gasteiger partial charge in [-0.1, -0.05) is 45.0 Å². The number of benzene rings is 1. The van der Waals surface area contributed by atoms with Crippen LogP contribution in [0.5, 0.6) is 0 Å². The first-order valence-electron chi connectivity index (χ1n) is 7.99. The Labute approximate surface area is 130 Å². The van der Waals surface area contributed by atoms with Crippen molar-refractivity contribution in [1.82, 2.24) is 5.32 Å². The van der Waals surface area contributed by atoms with Crippen LogP contribution in [-0.2, 0) is 15.9 Å². The second-order valence-corrected chi connectivity index (χ2v) is 6.05. The SMILES string of the molecule is CCNC(COC(C)COC)c1ccc(CC(C)C)cc1. The molecule has 0 aliphatic rings. The highest BCUT2D eigenvalue weighted by atomic mass is 16.5. The van der Waals surface area contributed by atoms with Crippen LogP contribution < -0.4 is 5.32 Å². The summed E-state index contributed by atoms with van der Waals surface area (Å²) in [6, 6.07) is 9.14. The smallest absolute Gasteiger partial charge is 0.0781 e. The Hall–Kier alpha value is -0.900. The first-order chi connectivity index (χ1) is 10.1. The van der Waals surface area contributed by atoms with Crippen molar-refractivity contribution in [3.63, 3.8) is 0 Å². The molecule has 1 aromatic rings. The minimum Gasteiger partial charge on any atom is -0.382 e. The first-order valence-corrected chi connectivity index (χ1v) is 7.99. The van der Waals surface area contributed by atoms with Crippen molar-refractivity contribution >= 4 is 0 Å². The number of hydrogen-bond acceptors (Lipinski definition) is 3. The van der Waals surface area contributed by atoms with Gasteiger partial charge in [-0.2, -0.15) is 0 Å². The van der Waals surface area contributed by atoms with Crippen molar-refractivity contribution < 1.29 is 9.47 Å². The summed E-state index contributed by atoms with van der Waals surface area (Å²) in [6.07, 6.45) is 1.25. The molecular weight excluding hydrogens is 262 g/mol. The van der Waals surface area contributed by atoms with Gasteiger partial charge in [-0.05, 0) is 36.9 Å². The highest BCUT2D eigenvalue weighted by Gasteiger charge is 2.12. The molecular formula is C18H31NO2. The van der Waals surface area contributed by atoms with E-state index in [0.717, 1.165) is 13.0 Å². The average molecular weight is 293 g/mol. The lowest BCUT2D eigenvalue weighted by Gasteiger charge is -2.21. The minimum atomic E-state index is 0.122. The van der Waals surface area contributed by atoms with E-state index < -0.39 is 0 Å². The van der Waals surface area contributed by atoms with E-state index in [0.29, 0.717) is 19.1 Å². The summed E-state index contributed by atoms with van der Waals surface area (Å²) in [5.41, 5.74) is 2.69. The molecule has 2 unspecified atom stereocenters. The zero-order valence-corrected chi connectivity index (χ0v) is 14.2. The number of likely N-dealkylation sites (N-methyl/N-ethyl adjacent to an activating group) is 1. The van der Waals surface area contributed by atoms with Gasteiger partial charge < -0.3 is 14.8 Å². The van der Waals surface area contributed by atoms with Gasteiger partial charge in [-0.3, -0.25) is 0 Å². The average Bonchev–Trinajstić information content (AvgIpc) is 2.44. The third kappa shape index (κ3) is 7.07. The number of methoxy groups -OCH3 is 1. The number of rotatable bonds is 10. The lowest BCUT2D eigenvalue weighted by atomic mass is 9.99. The van der Waals surface area contributed by atoms with Gasteiger partial charge in [0.25, 0.3) is 0 Å². The maximum absolute atomic E-state index is 5.86. The molecule has 0 aliphatic carbocycles. The lowest BCUT2D eigenvalue weighted by Crippen LogP contribution is -2.28. The third-order valence-corrected chi connectivity index (χ3v) is 3.43. The normalized spacial score (nSPS) is 14.4. The van der Waals surface area contributed by atoms with E-state index in [-0.39, 0.29) is 12.1 Å². The molecule has 0 amide bonds. The van der Waals surface area contributed by atoms with Crippen LogP contribution >= 0.6 is 0 Å². The van der Waals surface area contributed by atoms with Gasteiger partial charge >= 0.3 is 0 Å². The van der Waals surface area contributed by atoms with Crippen molar-refractivity contribution in [3.05, 3.63) is 35.4 Å². The number of hydrogen-bond donors (Lipinski definition) is 1. The highest BCUT2D eigenvalue weighted by molar-refractivity contribution is 5.25. The van der Waals surface area contributed by atoms with E-state index in [9.17, 15) is 0 Å². The van der Waals surface area contributed by atoms with Crippen LogP contribution in [0.2, 0.25) is 0 Å². The molecule has 1 rings (SSSR count). The van der Waals surface area contributed by atoms with E-state index in [2.05, 4.69) is 50.4 Å². The summed E-state index contributed by atoms with van der Waals surface area (Å²) < 4.78 is 11.0. The van der Waals surface area contributed by atoms with E-state index in [1.807, 2.05) is 6.92 Å². The Kier molecular flexibility index (Phi) is 8.58. The fourth-order valence-electron chi connectivity index (χ4n) is 2.42. The van der Waals surface area contributed by atoms with Crippen LogP contribution in [0.25, 0.3) is 0 Å². The van der Waals surface area contributed by atoms with Crippen LogP contribution in [0, 0.1) is 5.92 Å². The summed E-state index contributed by atoms with van der Waals surface area (Å²) in [4.78, 5) is 0. The second-order valence-electron chi connectivity index (χ2n) is 6.05. The van der Waals surface area contributed by atoms with Crippen LogP contribution in [0.15, 0.2) is 24.3 Å². The van der Waals surface area contributed by atoms with Crippen LogP contribution in [0.1, 0.15) is 44.9 Å². The summed E-state index contributed by atoms with van der Waals surface area (Å²) in [7, 11) is 1.70. The molecule has 1 aromatic carbocycles. The molecule has 0 saturated carbocycles.